The molecule has 0 saturated carbocycles. The van der Waals surface area contributed by atoms with Crippen LogP contribution in [0.4, 0.5) is 11.4 Å². The van der Waals surface area contributed by atoms with Crippen LogP contribution in [0.1, 0.15) is 16.7 Å². The molecule has 2 amide bonds. The molecule has 0 spiro atoms. The quantitative estimate of drug-likeness (QED) is 0.386. The summed E-state index contributed by atoms with van der Waals surface area (Å²) in [6, 6.07) is 21.6. The summed E-state index contributed by atoms with van der Waals surface area (Å²) >= 11 is 0. The highest BCUT2D eigenvalue weighted by Crippen LogP contribution is 2.35. The van der Waals surface area contributed by atoms with Gasteiger partial charge in [-0.05, 0) is 22.8 Å². The Morgan fingerprint density at radius 2 is 1.68 bits per heavy atom. The van der Waals surface area contributed by atoms with Crippen LogP contribution >= 0.6 is 0 Å². The van der Waals surface area contributed by atoms with Gasteiger partial charge in [0.25, 0.3) is 11.6 Å². The first-order valence-corrected chi connectivity index (χ1v) is 10.7. The highest BCUT2D eigenvalue weighted by molar-refractivity contribution is 6.02. The van der Waals surface area contributed by atoms with Crippen molar-refractivity contribution in [3.63, 3.8) is 0 Å². The van der Waals surface area contributed by atoms with E-state index >= 15 is 0 Å². The van der Waals surface area contributed by atoms with Crippen LogP contribution in [0.2, 0.25) is 0 Å². The molecule has 174 valence electrons. The number of hydrogen-bond acceptors (Lipinski definition) is 6. The summed E-state index contributed by atoms with van der Waals surface area (Å²) in [6.07, 6.45) is 0. The van der Waals surface area contributed by atoms with Gasteiger partial charge in [-0.15, -0.1) is 0 Å². The molecular formula is C25H23N3O6. The molecular weight excluding hydrogens is 438 g/mol. The molecule has 4 rings (SSSR count). The van der Waals surface area contributed by atoms with Gasteiger partial charge in [0, 0.05) is 18.7 Å². The number of rotatable bonds is 9. The molecule has 1 heterocycles. The summed E-state index contributed by atoms with van der Waals surface area (Å²) in [5.74, 6) is -0.506. The SMILES string of the molecule is O=C(CN1C(=O)COc2ccc([N+](=O)[O-])cc21)NCc1ccc(COCc2ccccc2)cc1. The number of nitro benzene ring substituents is 1. The molecule has 0 bridgehead atoms. The van der Waals surface area contributed by atoms with Crippen LogP contribution < -0.4 is 15.0 Å². The number of benzene rings is 3. The maximum atomic E-state index is 12.5. The van der Waals surface area contributed by atoms with Crippen molar-refractivity contribution in [2.75, 3.05) is 18.1 Å². The standard InChI is InChI=1S/C25H23N3O6/c29-24(14-27-22-12-21(28(31)32)10-11-23(22)34-17-25(27)30)26-13-18-6-8-20(9-7-18)16-33-15-19-4-2-1-3-5-19/h1-12H,13-17H2,(H,26,29). The van der Waals surface area contributed by atoms with Gasteiger partial charge in [-0.1, -0.05) is 54.6 Å². The molecule has 1 aliphatic heterocycles. The number of non-ortho nitro benzene ring substituents is 1. The number of carbonyl (C=O) groups is 2. The van der Waals surface area contributed by atoms with Crippen LogP contribution in [0, 0.1) is 10.1 Å². The van der Waals surface area contributed by atoms with Gasteiger partial charge in [0.05, 0.1) is 23.8 Å². The zero-order valence-electron chi connectivity index (χ0n) is 18.3. The summed E-state index contributed by atoms with van der Waals surface area (Å²) in [5.41, 5.74) is 3.04. The number of nitro groups is 1. The minimum absolute atomic E-state index is 0.185. The van der Waals surface area contributed by atoms with Crippen molar-refractivity contribution < 1.29 is 24.0 Å². The summed E-state index contributed by atoms with van der Waals surface area (Å²) in [7, 11) is 0. The fourth-order valence-corrected chi connectivity index (χ4v) is 3.49. The second-order valence-corrected chi connectivity index (χ2v) is 7.75. The molecule has 0 radical (unpaired) electrons. The number of anilines is 1. The zero-order chi connectivity index (χ0) is 23.9. The summed E-state index contributed by atoms with van der Waals surface area (Å²) in [4.78, 5) is 36.5. The lowest BCUT2D eigenvalue weighted by Crippen LogP contribution is -2.45. The first kappa shape index (κ1) is 22.9. The van der Waals surface area contributed by atoms with Crippen LogP contribution in [-0.4, -0.2) is 29.9 Å². The van der Waals surface area contributed by atoms with Crippen molar-refractivity contribution in [3.8, 4) is 5.75 Å². The van der Waals surface area contributed by atoms with Gasteiger partial charge < -0.3 is 14.8 Å². The number of carbonyl (C=O) groups excluding carboxylic acids is 2. The van der Waals surface area contributed by atoms with Gasteiger partial charge in [0.1, 0.15) is 12.3 Å². The summed E-state index contributed by atoms with van der Waals surface area (Å²) in [5, 5.41) is 13.9. The van der Waals surface area contributed by atoms with Crippen molar-refractivity contribution in [2.24, 2.45) is 0 Å². The molecule has 34 heavy (non-hydrogen) atoms. The molecule has 1 N–H and O–H groups in total. The average molecular weight is 461 g/mol. The van der Waals surface area contributed by atoms with E-state index < -0.39 is 10.8 Å². The first-order chi connectivity index (χ1) is 16.5. The highest BCUT2D eigenvalue weighted by Gasteiger charge is 2.29. The van der Waals surface area contributed by atoms with E-state index in [1.165, 1.54) is 23.1 Å². The van der Waals surface area contributed by atoms with Crippen LogP contribution in [-0.2, 0) is 34.1 Å². The Morgan fingerprint density at radius 1 is 1.00 bits per heavy atom. The number of nitrogens with zero attached hydrogens (tertiary/aromatic N) is 2. The van der Waals surface area contributed by atoms with E-state index in [2.05, 4.69) is 5.32 Å². The molecule has 3 aromatic rings. The Bertz CT molecular complexity index is 1180. The van der Waals surface area contributed by atoms with Crippen LogP contribution in [0.25, 0.3) is 0 Å². The molecule has 0 saturated heterocycles. The van der Waals surface area contributed by atoms with Gasteiger partial charge in [0.15, 0.2) is 6.61 Å². The second-order valence-electron chi connectivity index (χ2n) is 7.75. The van der Waals surface area contributed by atoms with Crippen LogP contribution in [0.15, 0.2) is 72.8 Å². The lowest BCUT2D eigenvalue weighted by atomic mass is 10.1. The van der Waals surface area contributed by atoms with Crippen molar-refractivity contribution in [2.45, 2.75) is 19.8 Å². The maximum Gasteiger partial charge on any atom is 0.271 e. The molecule has 0 atom stereocenters. The third kappa shape index (κ3) is 5.76. The van der Waals surface area contributed by atoms with E-state index in [4.69, 9.17) is 9.47 Å². The van der Waals surface area contributed by atoms with Crippen molar-refractivity contribution in [1.82, 2.24) is 5.32 Å². The Morgan fingerprint density at radius 3 is 2.38 bits per heavy atom. The third-order valence-electron chi connectivity index (χ3n) is 5.29. The molecule has 3 aromatic carbocycles. The predicted octanol–water partition coefficient (Wildman–Crippen LogP) is 3.35. The molecule has 0 unspecified atom stereocenters. The zero-order valence-corrected chi connectivity index (χ0v) is 18.3. The van der Waals surface area contributed by atoms with Gasteiger partial charge in [-0.3, -0.25) is 24.6 Å². The van der Waals surface area contributed by atoms with Gasteiger partial charge >= 0.3 is 0 Å². The monoisotopic (exact) mass is 461 g/mol. The Labute approximate surface area is 196 Å². The van der Waals surface area contributed by atoms with Crippen LogP contribution in [0.5, 0.6) is 5.75 Å². The number of nitrogens with one attached hydrogen (secondary N) is 1. The molecule has 1 aliphatic rings. The number of ether oxygens (including phenoxy) is 2. The normalized spacial score (nSPS) is 12.6. The molecule has 9 nitrogen and oxygen atoms in total. The van der Waals surface area contributed by atoms with E-state index in [1.807, 2.05) is 54.6 Å². The number of fused-ring (bicyclic) bond motifs is 1. The maximum absolute atomic E-state index is 12.5. The number of hydrogen-bond donors (Lipinski definition) is 1. The second kappa shape index (κ2) is 10.6. The fourth-order valence-electron chi connectivity index (χ4n) is 3.49. The minimum Gasteiger partial charge on any atom is -0.482 e. The van der Waals surface area contributed by atoms with Gasteiger partial charge in [-0.25, -0.2) is 0 Å². The topological polar surface area (TPSA) is 111 Å². The Hall–Kier alpha value is -4.24. The molecule has 0 aromatic heterocycles. The van der Waals surface area contributed by atoms with Crippen LogP contribution in [0.3, 0.4) is 0 Å². The van der Waals surface area contributed by atoms with Gasteiger partial charge in [-0.2, -0.15) is 0 Å². The molecule has 0 fully saturated rings. The lowest BCUT2D eigenvalue weighted by Gasteiger charge is -2.28. The first-order valence-electron chi connectivity index (χ1n) is 10.7. The lowest BCUT2D eigenvalue weighted by molar-refractivity contribution is -0.384. The van der Waals surface area contributed by atoms with Crippen molar-refractivity contribution in [1.29, 1.82) is 0 Å². The van der Waals surface area contributed by atoms with E-state index in [-0.39, 0.29) is 37.0 Å². The highest BCUT2D eigenvalue weighted by atomic mass is 16.6. The summed E-state index contributed by atoms with van der Waals surface area (Å²) < 4.78 is 11.1. The smallest absolute Gasteiger partial charge is 0.271 e. The van der Waals surface area contributed by atoms with E-state index in [1.54, 1.807) is 0 Å². The van der Waals surface area contributed by atoms with Gasteiger partial charge in [0.2, 0.25) is 5.91 Å². The molecule has 0 aliphatic carbocycles. The Kier molecular flexibility index (Phi) is 7.14. The molecule has 9 heteroatoms. The number of amides is 2. The average Bonchev–Trinajstić information content (AvgIpc) is 2.85. The summed E-state index contributed by atoms with van der Waals surface area (Å²) in [6.45, 7) is 0.801. The van der Waals surface area contributed by atoms with E-state index in [9.17, 15) is 19.7 Å². The predicted molar refractivity (Wildman–Crippen MR) is 124 cm³/mol. The van der Waals surface area contributed by atoms with Crippen molar-refractivity contribution in [3.05, 3.63) is 99.6 Å². The van der Waals surface area contributed by atoms with E-state index in [0.29, 0.717) is 19.0 Å². The Balaban J connectivity index is 1.29. The minimum atomic E-state index is -0.562. The fraction of sp³-hybridized carbons (Fsp3) is 0.200. The van der Waals surface area contributed by atoms with E-state index in [0.717, 1.165) is 16.7 Å². The third-order valence-corrected chi connectivity index (χ3v) is 5.29. The largest absolute Gasteiger partial charge is 0.482 e. The van der Waals surface area contributed by atoms with Crippen molar-refractivity contribution >= 4 is 23.2 Å².